The zero-order chi connectivity index (χ0) is 26.6. The maximum atomic E-state index is 13.0. The monoisotopic (exact) mass is 535 g/mol. The number of amides is 2. The number of fused-ring (bicyclic) bond motifs is 1. The lowest BCUT2D eigenvalue weighted by Gasteiger charge is -2.30. The number of nitrogens with zero attached hydrogens (tertiary/aromatic N) is 2. The first kappa shape index (κ1) is 25.1. The molecular weight excluding hydrogens is 506 g/mol. The van der Waals surface area contributed by atoms with Gasteiger partial charge in [0, 0.05) is 42.2 Å². The molecule has 1 N–H and O–H groups in total. The molecule has 0 saturated carbocycles. The largest absolute Gasteiger partial charge is 0.451 e. The minimum Gasteiger partial charge on any atom is -0.451 e. The third kappa shape index (κ3) is 5.49. The number of hydrogen-bond donors (Lipinski definition) is 1. The van der Waals surface area contributed by atoms with Crippen LogP contribution in [-0.4, -0.2) is 41.3 Å². The summed E-state index contributed by atoms with van der Waals surface area (Å²) in [6.07, 6.45) is 1.62. The average Bonchev–Trinajstić information content (AvgIpc) is 3.66. The Kier molecular flexibility index (Phi) is 7.23. The van der Waals surface area contributed by atoms with Crippen LogP contribution in [0.5, 0.6) is 0 Å². The summed E-state index contributed by atoms with van der Waals surface area (Å²) < 4.78 is 5.77. The average molecular weight is 536 g/mol. The molecule has 6 nitrogen and oxygen atoms in total. The molecule has 6 rings (SSSR count). The lowest BCUT2D eigenvalue weighted by molar-refractivity contribution is 0.0683. The van der Waals surface area contributed by atoms with Gasteiger partial charge in [-0.25, -0.2) is 4.98 Å². The Morgan fingerprint density at radius 1 is 0.923 bits per heavy atom. The van der Waals surface area contributed by atoms with E-state index in [-0.39, 0.29) is 23.7 Å². The summed E-state index contributed by atoms with van der Waals surface area (Å²) in [6, 6.07) is 29.9. The van der Waals surface area contributed by atoms with E-state index in [9.17, 15) is 9.59 Å². The van der Waals surface area contributed by atoms with Crippen molar-refractivity contribution in [1.29, 1.82) is 0 Å². The van der Waals surface area contributed by atoms with Crippen molar-refractivity contribution in [2.75, 3.05) is 19.6 Å². The Morgan fingerprint density at radius 2 is 1.56 bits per heavy atom. The van der Waals surface area contributed by atoms with Crippen LogP contribution in [0.15, 0.2) is 101 Å². The Labute approximate surface area is 231 Å². The lowest BCUT2D eigenvalue weighted by atomic mass is 9.91. The van der Waals surface area contributed by atoms with Crippen molar-refractivity contribution in [1.82, 2.24) is 15.2 Å². The molecule has 2 aromatic heterocycles. The van der Waals surface area contributed by atoms with Gasteiger partial charge in [-0.1, -0.05) is 78.9 Å². The molecule has 1 aliphatic heterocycles. The van der Waals surface area contributed by atoms with E-state index in [4.69, 9.17) is 9.40 Å². The molecule has 0 bridgehead atoms. The topological polar surface area (TPSA) is 75.4 Å². The fourth-order valence-electron chi connectivity index (χ4n) is 5.24. The molecule has 7 heteroatoms. The molecule has 196 valence electrons. The van der Waals surface area contributed by atoms with Crippen LogP contribution >= 0.6 is 11.3 Å². The number of benzene rings is 3. The zero-order valence-corrected chi connectivity index (χ0v) is 22.3. The van der Waals surface area contributed by atoms with Crippen molar-refractivity contribution < 1.29 is 14.0 Å². The second kappa shape index (κ2) is 11.3. The fraction of sp³-hybridized carbons (Fsp3) is 0.219. The third-order valence-electron chi connectivity index (χ3n) is 7.39. The van der Waals surface area contributed by atoms with E-state index in [1.807, 2.05) is 77.0 Å². The Morgan fingerprint density at radius 3 is 2.23 bits per heavy atom. The van der Waals surface area contributed by atoms with Gasteiger partial charge in [-0.05, 0) is 36.1 Å². The predicted molar refractivity (Wildman–Crippen MR) is 153 cm³/mol. The highest BCUT2D eigenvalue weighted by atomic mass is 32.1. The number of thiazole rings is 1. The molecule has 2 amide bonds. The van der Waals surface area contributed by atoms with Gasteiger partial charge < -0.3 is 14.6 Å². The van der Waals surface area contributed by atoms with Crippen molar-refractivity contribution >= 4 is 34.1 Å². The number of furan rings is 1. The van der Waals surface area contributed by atoms with Crippen LogP contribution in [0, 0.1) is 0 Å². The van der Waals surface area contributed by atoms with Crippen LogP contribution < -0.4 is 5.32 Å². The molecule has 1 fully saturated rings. The van der Waals surface area contributed by atoms with Crippen molar-refractivity contribution in [3.05, 3.63) is 124 Å². The van der Waals surface area contributed by atoms with Gasteiger partial charge in [0.05, 0.1) is 5.01 Å². The maximum Gasteiger partial charge on any atom is 0.289 e. The summed E-state index contributed by atoms with van der Waals surface area (Å²) >= 11 is 1.53. The van der Waals surface area contributed by atoms with E-state index in [1.165, 1.54) is 11.3 Å². The van der Waals surface area contributed by atoms with E-state index >= 15 is 0 Å². The minimum absolute atomic E-state index is 0.0584. The van der Waals surface area contributed by atoms with Gasteiger partial charge in [0.25, 0.3) is 11.8 Å². The highest BCUT2D eigenvalue weighted by molar-refractivity contribution is 7.09. The third-order valence-corrected chi connectivity index (χ3v) is 8.40. The first-order chi connectivity index (χ1) is 19.2. The number of likely N-dealkylation sites (tertiary alicyclic amines) is 1. The fourth-order valence-corrected chi connectivity index (χ4v) is 6.21. The SMILES string of the molecule is O=C(NCC(c1ccccc1)c1ccccc1)c1csc(C2CCN(C(=O)c3cc4ccccc4o3)CC2)n1. The molecule has 0 unspecified atom stereocenters. The van der Waals surface area contributed by atoms with Crippen LogP contribution in [0.4, 0.5) is 0 Å². The molecule has 39 heavy (non-hydrogen) atoms. The molecule has 0 aliphatic carbocycles. The first-order valence-corrected chi connectivity index (χ1v) is 14.1. The van der Waals surface area contributed by atoms with E-state index in [1.54, 1.807) is 0 Å². The quantitative estimate of drug-likeness (QED) is 0.259. The van der Waals surface area contributed by atoms with Gasteiger partial charge in [0.1, 0.15) is 11.3 Å². The highest BCUT2D eigenvalue weighted by Crippen LogP contribution is 2.32. The van der Waals surface area contributed by atoms with Gasteiger partial charge in [-0.2, -0.15) is 0 Å². The van der Waals surface area contributed by atoms with Gasteiger partial charge in [0.15, 0.2) is 5.76 Å². The van der Waals surface area contributed by atoms with Gasteiger partial charge in [-0.3, -0.25) is 9.59 Å². The van der Waals surface area contributed by atoms with Crippen molar-refractivity contribution in [2.24, 2.45) is 0 Å². The van der Waals surface area contributed by atoms with Crippen LogP contribution in [0.2, 0.25) is 0 Å². The Bertz CT molecular complexity index is 1500. The van der Waals surface area contributed by atoms with E-state index < -0.39 is 0 Å². The summed E-state index contributed by atoms with van der Waals surface area (Å²) in [4.78, 5) is 32.6. The molecule has 1 aliphatic rings. The number of nitrogens with one attached hydrogen (secondary N) is 1. The molecule has 0 atom stereocenters. The number of hydrogen-bond acceptors (Lipinski definition) is 5. The number of carbonyl (C=O) groups excluding carboxylic acids is 2. The summed E-state index contributed by atoms with van der Waals surface area (Å²) in [6.45, 7) is 1.76. The van der Waals surface area contributed by atoms with Crippen molar-refractivity contribution in [3.8, 4) is 0 Å². The van der Waals surface area contributed by atoms with Crippen LogP contribution in [0.25, 0.3) is 11.0 Å². The van der Waals surface area contributed by atoms with Crippen LogP contribution in [0.3, 0.4) is 0 Å². The van der Waals surface area contributed by atoms with Crippen molar-refractivity contribution in [2.45, 2.75) is 24.7 Å². The first-order valence-electron chi connectivity index (χ1n) is 13.3. The molecule has 0 radical (unpaired) electrons. The number of para-hydroxylation sites is 1. The predicted octanol–water partition coefficient (Wildman–Crippen LogP) is 6.47. The molecule has 5 aromatic rings. The second-order valence-electron chi connectivity index (χ2n) is 9.87. The van der Waals surface area contributed by atoms with E-state index in [2.05, 4.69) is 29.6 Å². The van der Waals surface area contributed by atoms with E-state index in [0.29, 0.717) is 31.1 Å². The minimum atomic E-state index is -0.160. The standard InChI is InChI=1S/C32H29N3O3S/c36-30(33-20-26(22-9-3-1-4-10-22)23-11-5-2-6-12-23)27-21-39-31(34-27)24-15-17-35(18-16-24)32(37)29-19-25-13-7-8-14-28(25)38-29/h1-14,19,21,24,26H,15-18,20H2,(H,33,36). The number of carbonyl (C=O) groups is 2. The van der Waals surface area contributed by atoms with Crippen LogP contribution in [-0.2, 0) is 0 Å². The van der Waals surface area contributed by atoms with Gasteiger partial charge in [0.2, 0.25) is 0 Å². The molecular formula is C32H29N3O3S. The maximum absolute atomic E-state index is 13.0. The zero-order valence-electron chi connectivity index (χ0n) is 21.5. The normalized spacial score (nSPS) is 14.1. The summed E-state index contributed by atoms with van der Waals surface area (Å²) in [5.41, 5.74) is 3.50. The summed E-state index contributed by atoms with van der Waals surface area (Å²) in [7, 11) is 0. The molecule has 3 heterocycles. The van der Waals surface area contributed by atoms with Crippen LogP contribution in [0.1, 0.15) is 61.9 Å². The second-order valence-corrected chi connectivity index (χ2v) is 10.8. The Hall–Kier alpha value is -4.23. The van der Waals surface area contributed by atoms with Gasteiger partial charge >= 0.3 is 0 Å². The molecule has 3 aromatic carbocycles. The van der Waals surface area contributed by atoms with Gasteiger partial charge in [-0.15, -0.1) is 11.3 Å². The summed E-state index contributed by atoms with van der Waals surface area (Å²) in [5, 5.41) is 6.84. The number of piperidine rings is 1. The Balaban J connectivity index is 1.06. The number of rotatable bonds is 7. The van der Waals surface area contributed by atoms with E-state index in [0.717, 1.165) is 39.9 Å². The summed E-state index contributed by atoms with van der Waals surface area (Å²) in [5.74, 6) is 0.440. The smallest absolute Gasteiger partial charge is 0.289 e. The molecule has 1 saturated heterocycles. The lowest BCUT2D eigenvalue weighted by Crippen LogP contribution is -2.37. The van der Waals surface area contributed by atoms with Crippen molar-refractivity contribution in [3.63, 3.8) is 0 Å². The molecule has 0 spiro atoms. The number of aromatic nitrogens is 1. The highest BCUT2D eigenvalue weighted by Gasteiger charge is 2.28.